The van der Waals surface area contributed by atoms with Crippen molar-refractivity contribution in [2.45, 2.75) is 31.2 Å². The molecule has 0 aliphatic heterocycles. The van der Waals surface area contributed by atoms with Gasteiger partial charge in [-0.25, -0.2) is 16.8 Å². The van der Waals surface area contributed by atoms with E-state index in [9.17, 15) is 21.6 Å². The highest BCUT2D eigenvalue weighted by Crippen LogP contribution is 2.26. The van der Waals surface area contributed by atoms with Gasteiger partial charge in [-0.1, -0.05) is 36.7 Å². The van der Waals surface area contributed by atoms with Crippen LogP contribution in [0.15, 0.2) is 47.4 Å². The number of sulfonamides is 1. The molecule has 164 valence electrons. The van der Waals surface area contributed by atoms with E-state index in [2.05, 4.69) is 5.32 Å². The Labute approximate surface area is 183 Å². The number of sulfone groups is 1. The Hall–Kier alpha value is -2.10. The Morgan fingerprint density at radius 2 is 1.67 bits per heavy atom. The highest BCUT2D eigenvalue weighted by Gasteiger charge is 2.24. The van der Waals surface area contributed by atoms with E-state index in [4.69, 9.17) is 11.6 Å². The number of nitrogens with zero attached hydrogens (tertiary/aromatic N) is 1. The summed E-state index contributed by atoms with van der Waals surface area (Å²) >= 11 is 6.01. The molecule has 0 fully saturated rings. The van der Waals surface area contributed by atoms with Crippen molar-refractivity contribution < 1.29 is 21.6 Å². The summed E-state index contributed by atoms with van der Waals surface area (Å²) in [6, 6.07) is 10.7. The summed E-state index contributed by atoms with van der Waals surface area (Å²) in [5.41, 5.74) is 1.73. The standard InChI is InChI=1S/C20H25ClN2O5S2/c1-5-18(15-7-10-17(11-8-15)29(3,25)26)22-20(24)13-23(30(4,27)28)19-12-16(21)9-6-14(19)2/h6-12,18H,5,13H2,1-4H3,(H,22,24). The molecular weight excluding hydrogens is 448 g/mol. The van der Waals surface area contributed by atoms with Crippen molar-refractivity contribution >= 4 is 43.1 Å². The van der Waals surface area contributed by atoms with Gasteiger partial charge in [0.2, 0.25) is 15.9 Å². The van der Waals surface area contributed by atoms with Crippen LogP contribution in [0.2, 0.25) is 5.02 Å². The molecule has 0 aliphatic carbocycles. The van der Waals surface area contributed by atoms with Crippen LogP contribution in [0.1, 0.15) is 30.5 Å². The first-order valence-electron chi connectivity index (χ1n) is 9.16. The van der Waals surface area contributed by atoms with Gasteiger partial charge in [0.25, 0.3) is 0 Å². The average Bonchev–Trinajstić information content (AvgIpc) is 2.65. The summed E-state index contributed by atoms with van der Waals surface area (Å²) in [6.07, 6.45) is 2.69. The van der Waals surface area contributed by atoms with Crippen LogP contribution in [0.25, 0.3) is 0 Å². The van der Waals surface area contributed by atoms with Crippen molar-refractivity contribution in [2.75, 3.05) is 23.4 Å². The monoisotopic (exact) mass is 472 g/mol. The van der Waals surface area contributed by atoms with Gasteiger partial charge in [-0.3, -0.25) is 9.10 Å². The topological polar surface area (TPSA) is 101 Å². The number of hydrogen-bond acceptors (Lipinski definition) is 5. The van der Waals surface area contributed by atoms with E-state index in [1.54, 1.807) is 31.2 Å². The minimum Gasteiger partial charge on any atom is -0.348 e. The molecule has 0 saturated heterocycles. The predicted octanol–water partition coefficient (Wildman–Crippen LogP) is 3.09. The van der Waals surface area contributed by atoms with E-state index in [0.717, 1.165) is 22.4 Å². The first kappa shape index (κ1) is 24.2. The first-order valence-corrected chi connectivity index (χ1v) is 13.3. The molecule has 30 heavy (non-hydrogen) atoms. The van der Waals surface area contributed by atoms with Gasteiger partial charge in [0.05, 0.1) is 22.9 Å². The molecule has 1 N–H and O–H groups in total. The normalized spacial score (nSPS) is 13.0. The number of rotatable bonds is 8. The maximum Gasteiger partial charge on any atom is 0.241 e. The maximum absolute atomic E-state index is 12.7. The fourth-order valence-corrected chi connectivity index (χ4v) is 4.67. The lowest BCUT2D eigenvalue weighted by atomic mass is 10.0. The number of hydrogen-bond donors (Lipinski definition) is 1. The number of carbonyl (C=O) groups is 1. The lowest BCUT2D eigenvalue weighted by Crippen LogP contribution is -2.41. The molecule has 2 rings (SSSR count). The molecule has 1 atom stereocenters. The SMILES string of the molecule is CCC(NC(=O)CN(c1cc(Cl)ccc1C)S(C)(=O)=O)c1ccc(S(C)(=O)=O)cc1. The van der Waals surface area contributed by atoms with Gasteiger partial charge in [0.1, 0.15) is 6.54 Å². The van der Waals surface area contributed by atoms with Crippen LogP contribution in [0.4, 0.5) is 5.69 Å². The highest BCUT2D eigenvalue weighted by molar-refractivity contribution is 7.92. The van der Waals surface area contributed by atoms with Crippen molar-refractivity contribution in [3.05, 3.63) is 58.6 Å². The molecule has 0 saturated carbocycles. The number of anilines is 1. The third kappa shape index (κ3) is 6.20. The molecule has 10 heteroatoms. The largest absolute Gasteiger partial charge is 0.348 e. The van der Waals surface area contributed by atoms with Gasteiger partial charge in [0, 0.05) is 11.3 Å². The second kappa shape index (κ2) is 9.36. The summed E-state index contributed by atoms with van der Waals surface area (Å²) < 4.78 is 48.9. The molecule has 0 radical (unpaired) electrons. The maximum atomic E-state index is 12.7. The van der Waals surface area contributed by atoms with Crippen LogP contribution in [0, 0.1) is 6.92 Å². The number of benzene rings is 2. The van der Waals surface area contributed by atoms with Crippen molar-refractivity contribution in [1.29, 1.82) is 0 Å². The minimum atomic E-state index is -3.73. The van der Waals surface area contributed by atoms with Crippen LogP contribution in [-0.4, -0.2) is 41.8 Å². The van der Waals surface area contributed by atoms with E-state index in [-0.39, 0.29) is 4.90 Å². The Balaban J connectivity index is 2.24. The number of aryl methyl sites for hydroxylation is 1. The third-order valence-electron chi connectivity index (χ3n) is 4.58. The number of carbonyl (C=O) groups excluding carboxylic acids is 1. The van der Waals surface area contributed by atoms with E-state index in [1.807, 2.05) is 6.92 Å². The Morgan fingerprint density at radius 1 is 1.07 bits per heavy atom. The summed E-state index contributed by atoms with van der Waals surface area (Å²) in [6.45, 7) is 3.20. The Kier molecular flexibility index (Phi) is 7.54. The Bertz CT molecular complexity index is 1130. The molecule has 2 aromatic carbocycles. The van der Waals surface area contributed by atoms with Gasteiger partial charge < -0.3 is 5.32 Å². The zero-order valence-electron chi connectivity index (χ0n) is 17.2. The number of nitrogens with one attached hydrogen (secondary N) is 1. The molecular formula is C20H25ClN2O5S2. The molecule has 1 amide bonds. The molecule has 0 aliphatic rings. The van der Waals surface area contributed by atoms with E-state index >= 15 is 0 Å². The molecule has 0 heterocycles. The van der Waals surface area contributed by atoms with Crippen molar-refractivity contribution in [1.82, 2.24) is 5.32 Å². The summed E-state index contributed by atoms with van der Waals surface area (Å²) in [7, 11) is -7.05. The number of halogens is 1. The highest BCUT2D eigenvalue weighted by atomic mass is 35.5. The van der Waals surface area contributed by atoms with Gasteiger partial charge in [-0.05, 0) is 48.7 Å². The lowest BCUT2D eigenvalue weighted by Gasteiger charge is -2.25. The second-order valence-corrected chi connectivity index (χ2v) is 11.4. The smallest absolute Gasteiger partial charge is 0.241 e. The van der Waals surface area contributed by atoms with Crippen LogP contribution >= 0.6 is 11.6 Å². The van der Waals surface area contributed by atoms with E-state index in [1.165, 1.54) is 18.2 Å². The quantitative estimate of drug-likeness (QED) is 0.636. The lowest BCUT2D eigenvalue weighted by molar-refractivity contribution is -0.120. The van der Waals surface area contributed by atoms with Crippen LogP contribution in [-0.2, 0) is 24.7 Å². The number of amides is 1. The van der Waals surface area contributed by atoms with Crippen LogP contribution in [0.5, 0.6) is 0 Å². The molecule has 0 bridgehead atoms. The van der Waals surface area contributed by atoms with Crippen molar-refractivity contribution in [2.24, 2.45) is 0 Å². The minimum absolute atomic E-state index is 0.187. The first-order chi connectivity index (χ1) is 13.8. The van der Waals surface area contributed by atoms with Crippen LogP contribution in [0.3, 0.4) is 0 Å². The Morgan fingerprint density at radius 3 is 2.17 bits per heavy atom. The van der Waals surface area contributed by atoms with Gasteiger partial charge in [-0.15, -0.1) is 0 Å². The molecule has 1 unspecified atom stereocenters. The average molecular weight is 473 g/mol. The second-order valence-electron chi connectivity index (χ2n) is 7.07. The predicted molar refractivity (Wildman–Crippen MR) is 119 cm³/mol. The zero-order chi connectivity index (χ0) is 22.7. The van der Waals surface area contributed by atoms with Gasteiger partial charge in [-0.2, -0.15) is 0 Å². The molecule has 7 nitrogen and oxygen atoms in total. The van der Waals surface area contributed by atoms with Crippen molar-refractivity contribution in [3.63, 3.8) is 0 Å². The van der Waals surface area contributed by atoms with Gasteiger partial charge >= 0.3 is 0 Å². The fraction of sp³-hybridized carbons (Fsp3) is 0.350. The van der Waals surface area contributed by atoms with E-state index in [0.29, 0.717) is 22.7 Å². The molecule has 0 spiro atoms. The third-order valence-corrected chi connectivity index (χ3v) is 7.07. The van der Waals surface area contributed by atoms with Crippen LogP contribution < -0.4 is 9.62 Å². The molecule has 0 aromatic heterocycles. The molecule has 2 aromatic rings. The summed E-state index contributed by atoms with van der Waals surface area (Å²) in [5.74, 6) is -0.487. The van der Waals surface area contributed by atoms with Gasteiger partial charge in [0.15, 0.2) is 9.84 Å². The fourth-order valence-electron chi connectivity index (χ4n) is 2.97. The van der Waals surface area contributed by atoms with E-state index < -0.39 is 38.4 Å². The zero-order valence-corrected chi connectivity index (χ0v) is 19.6. The summed E-state index contributed by atoms with van der Waals surface area (Å²) in [4.78, 5) is 12.9. The van der Waals surface area contributed by atoms with Crippen molar-refractivity contribution in [3.8, 4) is 0 Å². The summed E-state index contributed by atoms with van der Waals surface area (Å²) in [5, 5.41) is 3.18.